The first-order valence-electron chi connectivity index (χ1n) is 8.65. The maximum atomic E-state index is 13.2. The molecule has 5 nitrogen and oxygen atoms in total. The summed E-state index contributed by atoms with van der Waals surface area (Å²) >= 11 is 0. The standard InChI is InChI=1S/C20H24FN3O2/c1-14-6-8-15(9-7-14)20(26)23-12-4-2-3-5-19(25)24-18-13-16(21)10-11-17(18)22/h6-11,13H,2-5,12,22H2,1H3,(H,23,26)(H,24,25). The van der Waals surface area contributed by atoms with E-state index < -0.39 is 5.82 Å². The second-order valence-electron chi connectivity index (χ2n) is 6.21. The van der Waals surface area contributed by atoms with E-state index in [-0.39, 0.29) is 11.8 Å². The van der Waals surface area contributed by atoms with Gasteiger partial charge in [0.25, 0.3) is 5.91 Å². The number of rotatable bonds is 8. The number of carbonyl (C=O) groups is 2. The van der Waals surface area contributed by atoms with Crippen LogP contribution in [0.4, 0.5) is 15.8 Å². The molecule has 4 N–H and O–H groups in total. The van der Waals surface area contributed by atoms with Gasteiger partial charge in [-0.05, 0) is 50.1 Å². The van der Waals surface area contributed by atoms with Crippen LogP contribution in [0.1, 0.15) is 41.6 Å². The van der Waals surface area contributed by atoms with Crippen LogP contribution in [-0.4, -0.2) is 18.4 Å². The van der Waals surface area contributed by atoms with Crippen molar-refractivity contribution in [3.05, 3.63) is 59.4 Å². The van der Waals surface area contributed by atoms with Crippen LogP contribution < -0.4 is 16.4 Å². The Morgan fingerprint density at radius 3 is 2.50 bits per heavy atom. The normalized spacial score (nSPS) is 10.4. The summed E-state index contributed by atoms with van der Waals surface area (Å²) in [4.78, 5) is 23.8. The van der Waals surface area contributed by atoms with Crippen LogP contribution in [0.25, 0.3) is 0 Å². The summed E-state index contributed by atoms with van der Waals surface area (Å²) in [6.45, 7) is 2.53. The Balaban J connectivity index is 1.61. The van der Waals surface area contributed by atoms with E-state index in [1.165, 1.54) is 18.2 Å². The molecule has 0 spiro atoms. The van der Waals surface area contributed by atoms with E-state index in [2.05, 4.69) is 10.6 Å². The fraction of sp³-hybridized carbons (Fsp3) is 0.300. The number of amides is 2. The molecule has 2 aromatic rings. The lowest BCUT2D eigenvalue weighted by molar-refractivity contribution is -0.116. The number of hydrogen-bond donors (Lipinski definition) is 3. The maximum absolute atomic E-state index is 13.2. The third kappa shape index (κ3) is 6.20. The number of benzene rings is 2. The van der Waals surface area contributed by atoms with Gasteiger partial charge in [-0.3, -0.25) is 9.59 Å². The smallest absolute Gasteiger partial charge is 0.251 e. The minimum Gasteiger partial charge on any atom is -0.397 e. The Bertz CT molecular complexity index is 760. The first-order valence-corrected chi connectivity index (χ1v) is 8.65. The van der Waals surface area contributed by atoms with Crippen LogP contribution >= 0.6 is 0 Å². The summed E-state index contributed by atoms with van der Waals surface area (Å²) < 4.78 is 13.2. The molecule has 0 aromatic heterocycles. The van der Waals surface area contributed by atoms with Gasteiger partial charge in [-0.15, -0.1) is 0 Å². The molecular weight excluding hydrogens is 333 g/mol. The van der Waals surface area contributed by atoms with Crippen molar-refractivity contribution in [2.24, 2.45) is 0 Å². The lowest BCUT2D eigenvalue weighted by Gasteiger charge is -2.08. The van der Waals surface area contributed by atoms with E-state index >= 15 is 0 Å². The number of unbranched alkanes of at least 4 members (excludes halogenated alkanes) is 2. The summed E-state index contributed by atoms with van der Waals surface area (Å²) in [5.74, 6) is -0.742. The summed E-state index contributed by atoms with van der Waals surface area (Å²) in [5.41, 5.74) is 8.07. The summed E-state index contributed by atoms with van der Waals surface area (Å²) in [5, 5.41) is 5.47. The number of carbonyl (C=O) groups excluding carboxylic acids is 2. The van der Waals surface area contributed by atoms with Crippen LogP contribution in [0.2, 0.25) is 0 Å². The minimum atomic E-state index is -0.446. The number of nitrogen functional groups attached to an aromatic ring is 1. The molecule has 0 bridgehead atoms. The predicted molar refractivity (Wildman–Crippen MR) is 101 cm³/mol. The topological polar surface area (TPSA) is 84.2 Å². The van der Waals surface area contributed by atoms with Gasteiger partial charge in [0.05, 0.1) is 11.4 Å². The molecule has 0 radical (unpaired) electrons. The number of anilines is 2. The highest BCUT2D eigenvalue weighted by atomic mass is 19.1. The first kappa shape index (κ1) is 19.4. The average molecular weight is 357 g/mol. The second kappa shape index (κ2) is 9.56. The van der Waals surface area contributed by atoms with Crippen LogP contribution in [0.3, 0.4) is 0 Å². The van der Waals surface area contributed by atoms with Gasteiger partial charge < -0.3 is 16.4 Å². The molecule has 26 heavy (non-hydrogen) atoms. The van der Waals surface area contributed by atoms with E-state index in [0.29, 0.717) is 36.3 Å². The Hall–Kier alpha value is -2.89. The lowest BCUT2D eigenvalue weighted by Crippen LogP contribution is -2.24. The zero-order chi connectivity index (χ0) is 18.9. The number of aryl methyl sites for hydroxylation is 1. The summed E-state index contributed by atoms with van der Waals surface area (Å²) in [6, 6.07) is 11.3. The van der Waals surface area contributed by atoms with E-state index in [1.54, 1.807) is 12.1 Å². The second-order valence-corrected chi connectivity index (χ2v) is 6.21. The molecule has 0 atom stereocenters. The fourth-order valence-electron chi connectivity index (χ4n) is 2.45. The van der Waals surface area contributed by atoms with Crippen LogP contribution in [0.5, 0.6) is 0 Å². The van der Waals surface area contributed by atoms with Gasteiger partial charge in [-0.1, -0.05) is 24.1 Å². The quantitative estimate of drug-likeness (QED) is 0.498. The lowest BCUT2D eigenvalue weighted by atomic mass is 10.1. The van der Waals surface area contributed by atoms with E-state index in [9.17, 15) is 14.0 Å². The molecule has 0 unspecified atom stereocenters. The third-order valence-corrected chi connectivity index (χ3v) is 3.97. The number of nitrogens with one attached hydrogen (secondary N) is 2. The summed E-state index contributed by atoms with van der Waals surface area (Å²) in [7, 11) is 0. The Kier molecular flexibility index (Phi) is 7.14. The van der Waals surface area contributed by atoms with Gasteiger partial charge in [0.15, 0.2) is 0 Å². The van der Waals surface area contributed by atoms with Crippen LogP contribution in [0, 0.1) is 12.7 Å². The molecule has 6 heteroatoms. The Morgan fingerprint density at radius 2 is 1.77 bits per heavy atom. The van der Waals surface area contributed by atoms with Crippen molar-refractivity contribution >= 4 is 23.2 Å². The minimum absolute atomic E-state index is 0.0932. The molecule has 138 valence electrons. The average Bonchev–Trinajstić information content (AvgIpc) is 2.61. The molecule has 0 saturated carbocycles. The van der Waals surface area contributed by atoms with Gasteiger partial charge in [-0.2, -0.15) is 0 Å². The van der Waals surface area contributed by atoms with E-state index in [4.69, 9.17) is 5.73 Å². The van der Waals surface area contributed by atoms with Gasteiger partial charge in [-0.25, -0.2) is 4.39 Å². The van der Waals surface area contributed by atoms with Crippen molar-refractivity contribution < 1.29 is 14.0 Å². The Labute approximate surface area is 152 Å². The zero-order valence-corrected chi connectivity index (χ0v) is 14.8. The van der Waals surface area contributed by atoms with Gasteiger partial charge in [0.2, 0.25) is 5.91 Å². The van der Waals surface area contributed by atoms with E-state index in [1.807, 2.05) is 19.1 Å². The van der Waals surface area contributed by atoms with E-state index in [0.717, 1.165) is 18.4 Å². The maximum Gasteiger partial charge on any atom is 0.251 e. The molecule has 2 aromatic carbocycles. The molecular formula is C20H24FN3O2. The highest BCUT2D eigenvalue weighted by Crippen LogP contribution is 2.19. The van der Waals surface area contributed by atoms with Gasteiger partial charge in [0.1, 0.15) is 5.82 Å². The fourth-order valence-corrected chi connectivity index (χ4v) is 2.45. The predicted octanol–water partition coefficient (Wildman–Crippen LogP) is 3.65. The summed E-state index contributed by atoms with van der Waals surface area (Å²) in [6.07, 6.45) is 2.59. The van der Waals surface area contributed by atoms with Gasteiger partial charge >= 0.3 is 0 Å². The number of nitrogens with two attached hydrogens (primary N) is 1. The molecule has 0 fully saturated rings. The molecule has 0 aliphatic heterocycles. The molecule has 0 saturated heterocycles. The molecule has 0 aliphatic carbocycles. The van der Waals surface area contributed by atoms with Crippen molar-refractivity contribution in [1.29, 1.82) is 0 Å². The van der Waals surface area contributed by atoms with Crippen molar-refractivity contribution in [3.63, 3.8) is 0 Å². The third-order valence-electron chi connectivity index (χ3n) is 3.97. The molecule has 0 aliphatic rings. The van der Waals surface area contributed by atoms with Crippen LogP contribution in [-0.2, 0) is 4.79 Å². The molecule has 2 rings (SSSR count). The van der Waals surface area contributed by atoms with Crippen molar-refractivity contribution in [2.75, 3.05) is 17.6 Å². The highest BCUT2D eigenvalue weighted by Gasteiger charge is 2.07. The Morgan fingerprint density at radius 1 is 1.04 bits per heavy atom. The van der Waals surface area contributed by atoms with Crippen LogP contribution in [0.15, 0.2) is 42.5 Å². The zero-order valence-electron chi connectivity index (χ0n) is 14.8. The molecule has 0 heterocycles. The van der Waals surface area contributed by atoms with Crippen molar-refractivity contribution in [2.45, 2.75) is 32.6 Å². The monoisotopic (exact) mass is 357 g/mol. The van der Waals surface area contributed by atoms with Gasteiger partial charge in [0, 0.05) is 18.5 Å². The highest BCUT2D eigenvalue weighted by molar-refractivity contribution is 5.94. The number of hydrogen-bond acceptors (Lipinski definition) is 3. The largest absolute Gasteiger partial charge is 0.397 e. The SMILES string of the molecule is Cc1ccc(C(=O)NCCCCCC(=O)Nc2cc(F)ccc2N)cc1. The molecule has 2 amide bonds. The number of halogens is 1. The first-order chi connectivity index (χ1) is 12.5. The van der Waals surface area contributed by atoms with Crippen molar-refractivity contribution in [3.8, 4) is 0 Å². The van der Waals surface area contributed by atoms with Crippen molar-refractivity contribution in [1.82, 2.24) is 5.32 Å².